The lowest BCUT2D eigenvalue weighted by molar-refractivity contribution is 0.343. The summed E-state index contributed by atoms with van der Waals surface area (Å²) in [7, 11) is 5.49. The summed E-state index contributed by atoms with van der Waals surface area (Å²) < 4.78 is 11.1. The highest BCUT2D eigenvalue weighted by molar-refractivity contribution is 7.09. The summed E-state index contributed by atoms with van der Waals surface area (Å²) in [4.78, 5) is 1.47. The van der Waals surface area contributed by atoms with E-state index in [1.54, 1.807) is 14.2 Å². The Labute approximate surface area is 161 Å². The first-order valence-corrected chi connectivity index (χ1v) is 9.56. The fourth-order valence-electron chi connectivity index (χ4n) is 3.96. The first kappa shape index (κ1) is 20.1. The molecule has 25 heavy (non-hydrogen) atoms. The van der Waals surface area contributed by atoms with E-state index in [1.807, 2.05) is 11.3 Å². The molecular weight excluding hydrogens is 354 g/mol. The Kier molecular flexibility index (Phi) is 7.60. The number of aryl methyl sites for hydroxylation is 1. The molecule has 2 atom stereocenters. The molecule has 0 fully saturated rings. The summed E-state index contributed by atoms with van der Waals surface area (Å²) in [6, 6.07) is 8.81. The maximum atomic E-state index is 5.56. The normalized spacial score (nSPS) is 17.3. The summed E-state index contributed by atoms with van der Waals surface area (Å²) >= 11 is 1.86. The highest BCUT2D eigenvalue weighted by Gasteiger charge is 2.29. The zero-order valence-electron chi connectivity index (χ0n) is 15.2. The van der Waals surface area contributed by atoms with Gasteiger partial charge in [0, 0.05) is 4.88 Å². The highest BCUT2D eigenvalue weighted by atomic mass is 35.5. The van der Waals surface area contributed by atoms with Crippen molar-refractivity contribution in [2.75, 3.05) is 27.8 Å². The molecule has 3 nitrogen and oxygen atoms in total. The third-order valence-electron chi connectivity index (χ3n) is 5.08. The fraction of sp³-hybridized carbons (Fsp3) is 0.500. The average molecular weight is 382 g/mol. The Morgan fingerprint density at radius 3 is 2.64 bits per heavy atom. The smallest absolute Gasteiger partial charge is 0.161 e. The van der Waals surface area contributed by atoms with Crippen molar-refractivity contribution < 1.29 is 9.47 Å². The van der Waals surface area contributed by atoms with Crippen LogP contribution in [0.1, 0.15) is 34.8 Å². The fourth-order valence-corrected chi connectivity index (χ4v) is 4.76. The van der Waals surface area contributed by atoms with Crippen LogP contribution in [0.4, 0.5) is 0 Å². The van der Waals surface area contributed by atoms with E-state index in [0.717, 1.165) is 30.9 Å². The molecule has 1 aromatic carbocycles. The van der Waals surface area contributed by atoms with E-state index < -0.39 is 0 Å². The van der Waals surface area contributed by atoms with Crippen LogP contribution in [0.5, 0.6) is 11.5 Å². The van der Waals surface area contributed by atoms with Crippen LogP contribution in [0.15, 0.2) is 29.6 Å². The Morgan fingerprint density at radius 1 is 1.24 bits per heavy atom. The second-order valence-corrected chi connectivity index (χ2v) is 7.54. The van der Waals surface area contributed by atoms with Gasteiger partial charge in [0.2, 0.25) is 0 Å². The van der Waals surface area contributed by atoms with E-state index in [2.05, 4.69) is 42.0 Å². The van der Waals surface area contributed by atoms with Crippen molar-refractivity contribution in [3.63, 3.8) is 0 Å². The van der Waals surface area contributed by atoms with E-state index in [4.69, 9.17) is 9.47 Å². The summed E-state index contributed by atoms with van der Waals surface area (Å²) in [5, 5.41) is 5.58. The van der Waals surface area contributed by atoms with E-state index in [-0.39, 0.29) is 12.4 Å². The first-order chi connectivity index (χ1) is 11.8. The number of nitrogens with one attached hydrogen (secondary N) is 1. The van der Waals surface area contributed by atoms with Crippen LogP contribution in [-0.4, -0.2) is 27.8 Å². The molecule has 0 amide bonds. The number of ether oxygens (including phenoxy) is 2. The van der Waals surface area contributed by atoms with Gasteiger partial charge in [0.25, 0.3) is 0 Å². The third kappa shape index (κ3) is 4.49. The molecule has 0 saturated heterocycles. The van der Waals surface area contributed by atoms with E-state index in [9.17, 15) is 0 Å². The molecule has 0 spiro atoms. The summed E-state index contributed by atoms with van der Waals surface area (Å²) in [5.74, 6) is 2.87. The van der Waals surface area contributed by atoms with Crippen molar-refractivity contribution >= 4 is 23.7 Å². The van der Waals surface area contributed by atoms with Crippen LogP contribution in [0.25, 0.3) is 0 Å². The minimum atomic E-state index is 0. The number of hydrogen-bond acceptors (Lipinski definition) is 4. The molecule has 0 bridgehead atoms. The molecule has 138 valence electrons. The third-order valence-corrected chi connectivity index (χ3v) is 5.98. The van der Waals surface area contributed by atoms with Crippen LogP contribution >= 0.6 is 23.7 Å². The molecule has 1 N–H and O–H groups in total. The van der Waals surface area contributed by atoms with Gasteiger partial charge in [0.05, 0.1) is 14.2 Å². The molecule has 0 saturated carbocycles. The van der Waals surface area contributed by atoms with Crippen LogP contribution < -0.4 is 14.8 Å². The topological polar surface area (TPSA) is 30.5 Å². The Hall–Kier alpha value is -1.23. The van der Waals surface area contributed by atoms with Crippen LogP contribution in [0.2, 0.25) is 0 Å². The molecule has 0 radical (unpaired) electrons. The molecule has 2 aromatic rings. The minimum Gasteiger partial charge on any atom is -0.493 e. The van der Waals surface area contributed by atoms with Gasteiger partial charge in [-0.3, -0.25) is 0 Å². The molecule has 1 aliphatic rings. The monoisotopic (exact) mass is 381 g/mol. The van der Waals surface area contributed by atoms with Crippen molar-refractivity contribution in [2.45, 2.75) is 31.6 Å². The zero-order chi connectivity index (χ0) is 16.9. The molecule has 1 heterocycles. The number of methoxy groups -OCH3 is 2. The number of fused-ring (bicyclic) bond motifs is 1. The molecule has 1 aliphatic carbocycles. The van der Waals surface area contributed by atoms with Gasteiger partial charge >= 0.3 is 0 Å². The number of thiophene rings is 1. The Balaban J connectivity index is 0.00000225. The van der Waals surface area contributed by atoms with Crippen molar-refractivity contribution in [1.82, 2.24) is 5.32 Å². The van der Waals surface area contributed by atoms with Gasteiger partial charge in [0.15, 0.2) is 11.5 Å². The van der Waals surface area contributed by atoms with Gasteiger partial charge in [-0.1, -0.05) is 6.07 Å². The maximum absolute atomic E-state index is 5.56. The minimum absolute atomic E-state index is 0. The van der Waals surface area contributed by atoms with Gasteiger partial charge in [0.1, 0.15) is 0 Å². The second-order valence-electron chi connectivity index (χ2n) is 6.51. The number of benzene rings is 1. The van der Waals surface area contributed by atoms with E-state index in [1.165, 1.54) is 28.8 Å². The maximum Gasteiger partial charge on any atom is 0.161 e. The van der Waals surface area contributed by atoms with E-state index >= 15 is 0 Å². The molecule has 3 rings (SSSR count). The van der Waals surface area contributed by atoms with E-state index in [0.29, 0.717) is 11.8 Å². The van der Waals surface area contributed by atoms with Gasteiger partial charge in [-0.25, -0.2) is 0 Å². The quantitative estimate of drug-likeness (QED) is 0.754. The summed E-state index contributed by atoms with van der Waals surface area (Å²) in [6.07, 6.45) is 4.77. The number of hydrogen-bond donors (Lipinski definition) is 1. The molecule has 1 aromatic heterocycles. The van der Waals surface area contributed by atoms with Gasteiger partial charge in [-0.15, -0.1) is 23.7 Å². The molecule has 5 heteroatoms. The van der Waals surface area contributed by atoms with Crippen LogP contribution in [-0.2, 0) is 12.8 Å². The van der Waals surface area contributed by atoms with Crippen molar-refractivity contribution in [1.29, 1.82) is 0 Å². The summed E-state index contributed by atoms with van der Waals surface area (Å²) in [5.41, 5.74) is 2.88. The number of halogens is 1. The predicted octanol–water partition coefficient (Wildman–Crippen LogP) is 4.69. The molecule has 2 unspecified atom stereocenters. The lowest BCUT2D eigenvalue weighted by Gasteiger charge is -2.33. The SMILES string of the molecule is CNCC(Cc1cccs1)C1CCCc2cc(OC)c(OC)cc21.Cl. The lowest BCUT2D eigenvalue weighted by Crippen LogP contribution is -2.28. The van der Waals surface area contributed by atoms with Crippen molar-refractivity contribution in [3.8, 4) is 11.5 Å². The Bertz CT molecular complexity index is 660. The van der Waals surface area contributed by atoms with Crippen LogP contribution in [0.3, 0.4) is 0 Å². The second kappa shape index (κ2) is 9.46. The Morgan fingerprint density at radius 2 is 2.00 bits per heavy atom. The average Bonchev–Trinajstić information content (AvgIpc) is 3.12. The molecular formula is C20H28ClNO2S. The standard InChI is InChI=1S/C20H27NO2S.ClH/c1-21-13-15(10-16-7-5-9-24-16)17-8-4-6-14-11-19(22-2)20(23-3)12-18(14)17;/h5,7,9,11-12,15,17,21H,4,6,8,10,13H2,1-3H3;1H. The van der Waals surface area contributed by atoms with Gasteiger partial charge in [-0.05, 0) is 85.8 Å². The predicted molar refractivity (Wildman–Crippen MR) is 108 cm³/mol. The summed E-state index contributed by atoms with van der Waals surface area (Å²) in [6.45, 7) is 1.04. The number of rotatable bonds is 7. The van der Waals surface area contributed by atoms with Gasteiger partial charge < -0.3 is 14.8 Å². The van der Waals surface area contributed by atoms with Crippen molar-refractivity contribution in [2.24, 2.45) is 5.92 Å². The molecule has 0 aliphatic heterocycles. The first-order valence-electron chi connectivity index (χ1n) is 8.68. The van der Waals surface area contributed by atoms with Crippen molar-refractivity contribution in [3.05, 3.63) is 45.6 Å². The largest absolute Gasteiger partial charge is 0.493 e. The zero-order valence-corrected chi connectivity index (χ0v) is 16.8. The van der Waals surface area contributed by atoms with Crippen LogP contribution in [0, 0.1) is 5.92 Å². The lowest BCUT2D eigenvalue weighted by atomic mass is 9.74. The highest BCUT2D eigenvalue weighted by Crippen LogP contribution is 2.43. The van der Waals surface area contributed by atoms with Gasteiger partial charge in [-0.2, -0.15) is 0 Å².